The van der Waals surface area contributed by atoms with Crippen molar-refractivity contribution in [3.05, 3.63) is 65.9 Å². The van der Waals surface area contributed by atoms with Crippen LogP contribution in [0.3, 0.4) is 0 Å². The van der Waals surface area contributed by atoms with E-state index in [9.17, 15) is 9.00 Å². The van der Waals surface area contributed by atoms with Gasteiger partial charge >= 0.3 is 5.97 Å². The molecular weight excluding hydrogens is 336 g/mol. The fourth-order valence-electron chi connectivity index (χ4n) is 3.05. The van der Waals surface area contributed by atoms with Crippen LogP contribution in [0.4, 0.5) is 0 Å². The summed E-state index contributed by atoms with van der Waals surface area (Å²) in [5, 5.41) is 4.52. The van der Waals surface area contributed by atoms with Crippen molar-refractivity contribution in [2.45, 2.75) is 17.6 Å². The Morgan fingerprint density at radius 1 is 1.16 bits per heavy atom. The predicted octanol–water partition coefficient (Wildman–Crippen LogP) is 3.34. The molecule has 0 N–H and O–H groups in total. The first-order valence-electron chi connectivity index (χ1n) is 8.03. The molecule has 2 heterocycles. The van der Waals surface area contributed by atoms with Gasteiger partial charge in [-0.2, -0.15) is 5.10 Å². The van der Waals surface area contributed by atoms with Crippen molar-refractivity contribution < 1.29 is 13.7 Å². The fraction of sp³-hybridized carbons (Fsp3) is 0.158. The van der Waals surface area contributed by atoms with Gasteiger partial charge in [-0.1, -0.05) is 36.4 Å². The quantitative estimate of drug-likeness (QED) is 0.678. The first-order valence-corrected chi connectivity index (χ1v) is 9.34. The minimum atomic E-state index is -1.21. The van der Waals surface area contributed by atoms with E-state index in [4.69, 9.17) is 4.74 Å². The van der Waals surface area contributed by atoms with Crippen LogP contribution in [0.5, 0.6) is 0 Å². The number of hydrogen-bond donors (Lipinski definition) is 0. The molecule has 0 spiro atoms. The third kappa shape index (κ3) is 2.59. The molecule has 6 heteroatoms. The van der Waals surface area contributed by atoms with Crippen molar-refractivity contribution in [3.63, 3.8) is 0 Å². The minimum Gasteiger partial charge on any atom is -0.461 e. The van der Waals surface area contributed by atoms with Crippen LogP contribution < -0.4 is 0 Å². The van der Waals surface area contributed by atoms with Crippen LogP contribution in [0.25, 0.3) is 16.9 Å². The maximum Gasteiger partial charge on any atom is 0.359 e. The molecular formula is C19H16N2O3S. The summed E-state index contributed by atoms with van der Waals surface area (Å²) in [6, 6.07) is 17.2. The molecule has 0 amide bonds. The van der Waals surface area contributed by atoms with Gasteiger partial charge in [-0.15, -0.1) is 0 Å². The van der Waals surface area contributed by atoms with E-state index in [0.717, 1.165) is 21.8 Å². The van der Waals surface area contributed by atoms with E-state index in [1.165, 1.54) is 0 Å². The number of hydrogen-bond acceptors (Lipinski definition) is 4. The van der Waals surface area contributed by atoms with Gasteiger partial charge in [-0.3, -0.25) is 4.21 Å². The first kappa shape index (κ1) is 15.8. The van der Waals surface area contributed by atoms with Gasteiger partial charge in [0.2, 0.25) is 0 Å². The molecule has 0 bridgehead atoms. The molecule has 5 nitrogen and oxygen atoms in total. The van der Waals surface area contributed by atoms with Gasteiger partial charge in [-0.25, -0.2) is 9.48 Å². The second-order valence-corrected chi connectivity index (χ2v) is 7.05. The van der Waals surface area contributed by atoms with Gasteiger partial charge in [0.15, 0.2) is 5.69 Å². The molecule has 0 radical (unpaired) electrons. The molecule has 3 aromatic rings. The largest absolute Gasteiger partial charge is 0.461 e. The van der Waals surface area contributed by atoms with Crippen molar-refractivity contribution in [1.82, 2.24) is 9.78 Å². The number of ether oxygens (including phenoxy) is 1. The second-order valence-electron chi connectivity index (χ2n) is 5.63. The highest BCUT2D eigenvalue weighted by atomic mass is 32.2. The second kappa shape index (κ2) is 6.29. The van der Waals surface area contributed by atoms with Crippen LogP contribution in [0.2, 0.25) is 0 Å². The Hall–Kier alpha value is -2.73. The first-order chi connectivity index (χ1) is 12.2. The van der Waals surface area contributed by atoms with Crippen LogP contribution in [0.15, 0.2) is 59.5 Å². The normalized spacial score (nSPS) is 15.3. The third-order valence-electron chi connectivity index (χ3n) is 4.12. The van der Waals surface area contributed by atoms with Crippen molar-refractivity contribution in [2.75, 3.05) is 6.61 Å². The molecule has 1 atom stereocenters. The van der Waals surface area contributed by atoms with Crippen LogP contribution in [-0.4, -0.2) is 26.6 Å². The van der Waals surface area contributed by atoms with Crippen molar-refractivity contribution in [1.29, 1.82) is 0 Å². The van der Waals surface area contributed by atoms with Gasteiger partial charge in [-0.05, 0) is 25.1 Å². The molecule has 0 aliphatic carbocycles. The fourth-order valence-corrected chi connectivity index (χ4v) is 4.38. The average Bonchev–Trinajstić information content (AvgIpc) is 3.02. The number of benzene rings is 2. The lowest BCUT2D eigenvalue weighted by Crippen LogP contribution is -2.12. The van der Waals surface area contributed by atoms with Gasteiger partial charge in [0.25, 0.3) is 0 Å². The Balaban J connectivity index is 2.01. The minimum absolute atomic E-state index is 0.239. The Labute approximate surface area is 147 Å². The number of para-hydroxylation sites is 1. The molecule has 126 valence electrons. The molecule has 1 unspecified atom stereocenters. The van der Waals surface area contributed by atoms with Gasteiger partial charge in [0.05, 0.1) is 34.5 Å². The zero-order chi connectivity index (χ0) is 17.4. The molecule has 1 aliphatic rings. The molecule has 0 saturated carbocycles. The van der Waals surface area contributed by atoms with Crippen LogP contribution in [0.1, 0.15) is 23.0 Å². The van der Waals surface area contributed by atoms with E-state index in [1.807, 2.05) is 54.6 Å². The lowest BCUT2D eigenvalue weighted by Gasteiger charge is -2.18. The Morgan fingerprint density at radius 3 is 2.64 bits per heavy atom. The van der Waals surface area contributed by atoms with Gasteiger partial charge in [0.1, 0.15) is 0 Å². The maximum absolute atomic E-state index is 12.6. The highest BCUT2D eigenvalue weighted by molar-refractivity contribution is 7.84. The monoisotopic (exact) mass is 352 g/mol. The van der Waals surface area contributed by atoms with Crippen molar-refractivity contribution in [2.24, 2.45) is 0 Å². The Morgan fingerprint density at radius 2 is 1.88 bits per heavy atom. The van der Waals surface area contributed by atoms with E-state index in [-0.39, 0.29) is 18.1 Å². The van der Waals surface area contributed by atoms with E-state index in [1.54, 1.807) is 11.6 Å². The predicted molar refractivity (Wildman–Crippen MR) is 95.1 cm³/mol. The number of fused-ring (bicyclic) bond motifs is 3. The lowest BCUT2D eigenvalue weighted by atomic mass is 10.1. The number of esters is 1. The molecule has 2 aromatic carbocycles. The summed E-state index contributed by atoms with van der Waals surface area (Å²) in [4.78, 5) is 13.1. The van der Waals surface area contributed by atoms with Crippen LogP contribution in [0, 0.1) is 0 Å². The van der Waals surface area contributed by atoms with Gasteiger partial charge in [0, 0.05) is 16.0 Å². The van der Waals surface area contributed by atoms with Crippen molar-refractivity contribution in [3.8, 4) is 16.9 Å². The molecule has 25 heavy (non-hydrogen) atoms. The topological polar surface area (TPSA) is 61.2 Å². The number of carbonyl (C=O) groups excluding carboxylic acids is 1. The number of aromatic nitrogens is 2. The summed E-state index contributed by atoms with van der Waals surface area (Å²) in [6.07, 6.45) is 0. The van der Waals surface area contributed by atoms with Crippen molar-refractivity contribution >= 4 is 16.8 Å². The standard InChI is InChI=1S/C19H16N2O3S/c1-2-24-19(22)17-15-12-25(23)16-11-7-6-10-14(16)18(15)21(20-17)13-8-4-3-5-9-13/h3-11H,2,12H2,1H3. The molecule has 0 fully saturated rings. The van der Waals surface area contributed by atoms with E-state index in [2.05, 4.69) is 5.10 Å². The van der Waals surface area contributed by atoms with E-state index in [0.29, 0.717) is 5.56 Å². The highest BCUT2D eigenvalue weighted by Gasteiger charge is 2.32. The summed E-state index contributed by atoms with van der Waals surface area (Å²) in [6.45, 7) is 2.03. The maximum atomic E-state index is 12.6. The summed E-state index contributed by atoms with van der Waals surface area (Å²) in [5.74, 6) is -0.224. The Kier molecular flexibility index (Phi) is 3.97. The molecule has 0 saturated heterocycles. The summed E-state index contributed by atoms with van der Waals surface area (Å²) in [7, 11) is -1.21. The van der Waals surface area contributed by atoms with E-state index >= 15 is 0 Å². The summed E-state index contributed by atoms with van der Waals surface area (Å²) in [5.41, 5.74) is 3.41. The van der Waals surface area contributed by atoms with Gasteiger partial charge < -0.3 is 4.74 Å². The molecule has 1 aromatic heterocycles. The zero-order valence-corrected chi connectivity index (χ0v) is 14.5. The molecule has 4 rings (SSSR count). The SMILES string of the molecule is CCOC(=O)c1nn(-c2ccccc2)c2c1CS(=O)c1ccccc1-2. The zero-order valence-electron chi connectivity index (χ0n) is 13.6. The van der Waals surface area contributed by atoms with Crippen LogP contribution in [-0.2, 0) is 21.3 Å². The third-order valence-corrected chi connectivity index (χ3v) is 5.51. The summed E-state index contributed by atoms with van der Waals surface area (Å²) < 4.78 is 19.5. The highest BCUT2D eigenvalue weighted by Crippen LogP contribution is 2.39. The Bertz CT molecular complexity index is 980. The molecule has 1 aliphatic heterocycles. The van der Waals surface area contributed by atoms with Crippen LogP contribution >= 0.6 is 0 Å². The average molecular weight is 352 g/mol. The lowest BCUT2D eigenvalue weighted by molar-refractivity contribution is 0.0518. The number of rotatable bonds is 3. The number of nitrogens with zero attached hydrogens (tertiary/aromatic N) is 2. The van der Waals surface area contributed by atoms with E-state index < -0.39 is 16.8 Å². The smallest absolute Gasteiger partial charge is 0.359 e. The summed E-state index contributed by atoms with van der Waals surface area (Å²) >= 11 is 0. The number of carbonyl (C=O) groups is 1.